The van der Waals surface area contributed by atoms with E-state index in [1.165, 1.54) is 4.90 Å². The zero-order chi connectivity index (χ0) is 13.3. The van der Waals surface area contributed by atoms with E-state index in [1.54, 1.807) is 38.2 Å². The van der Waals surface area contributed by atoms with Crippen molar-refractivity contribution in [3.63, 3.8) is 0 Å². The van der Waals surface area contributed by atoms with Crippen LogP contribution in [0.4, 0.5) is 5.69 Å². The molecule has 1 unspecified atom stereocenters. The normalized spacial score (nSPS) is 12.6. The SMILES string of the molecule is CC(O)CN(C)C(=O)c1cc2cc(N)ccc2o1. The van der Waals surface area contributed by atoms with Crippen molar-refractivity contribution in [2.75, 3.05) is 19.3 Å². The Morgan fingerprint density at radius 1 is 1.50 bits per heavy atom. The van der Waals surface area contributed by atoms with Gasteiger partial charge in [-0.25, -0.2) is 0 Å². The number of nitrogens with two attached hydrogens (primary N) is 1. The summed E-state index contributed by atoms with van der Waals surface area (Å²) in [5.41, 5.74) is 6.91. The molecule has 96 valence electrons. The smallest absolute Gasteiger partial charge is 0.289 e. The largest absolute Gasteiger partial charge is 0.451 e. The number of carbonyl (C=O) groups excluding carboxylic acids is 1. The summed E-state index contributed by atoms with van der Waals surface area (Å²) in [7, 11) is 1.62. The molecule has 2 rings (SSSR count). The van der Waals surface area contributed by atoms with Crippen molar-refractivity contribution >= 4 is 22.6 Å². The number of benzene rings is 1. The number of fused-ring (bicyclic) bond motifs is 1. The number of carbonyl (C=O) groups is 1. The number of nitrogen functional groups attached to an aromatic ring is 1. The van der Waals surface area contributed by atoms with Gasteiger partial charge in [-0.05, 0) is 31.2 Å². The number of hydrogen-bond donors (Lipinski definition) is 2. The number of anilines is 1. The Kier molecular flexibility index (Phi) is 3.25. The molecule has 0 saturated heterocycles. The van der Waals surface area contributed by atoms with Gasteiger partial charge in [0.25, 0.3) is 5.91 Å². The topological polar surface area (TPSA) is 79.7 Å². The van der Waals surface area contributed by atoms with Gasteiger partial charge in [0.1, 0.15) is 5.58 Å². The Morgan fingerprint density at radius 3 is 2.89 bits per heavy atom. The highest BCUT2D eigenvalue weighted by Crippen LogP contribution is 2.22. The molecular weight excluding hydrogens is 232 g/mol. The Bertz CT molecular complexity index is 575. The molecule has 0 bridgehead atoms. The van der Waals surface area contributed by atoms with E-state index >= 15 is 0 Å². The second kappa shape index (κ2) is 4.70. The first kappa shape index (κ1) is 12.4. The minimum absolute atomic E-state index is 0.249. The maximum absolute atomic E-state index is 12.0. The van der Waals surface area contributed by atoms with Gasteiger partial charge in [-0.3, -0.25) is 4.79 Å². The van der Waals surface area contributed by atoms with Crippen LogP contribution in [-0.4, -0.2) is 35.6 Å². The lowest BCUT2D eigenvalue weighted by atomic mass is 10.2. The van der Waals surface area contributed by atoms with E-state index in [-0.39, 0.29) is 18.2 Å². The molecule has 0 aliphatic heterocycles. The fraction of sp³-hybridized carbons (Fsp3) is 0.308. The van der Waals surface area contributed by atoms with Gasteiger partial charge in [-0.15, -0.1) is 0 Å². The monoisotopic (exact) mass is 248 g/mol. The Morgan fingerprint density at radius 2 is 2.22 bits per heavy atom. The summed E-state index contributed by atoms with van der Waals surface area (Å²) in [5, 5.41) is 10.0. The van der Waals surface area contributed by atoms with Crippen LogP contribution in [0.15, 0.2) is 28.7 Å². The van der Waals surface area contributed by atoms with Gasteiger partial charge in [0.05, 0.1) is 6.10 Å². The molecule has 0 aliphatic carbocycles. The van der Waals surface area contributed by atoms with Crippen LogP contribution >= 0.6 is 0 Å². The molecule has 0 fully saturated rings. The predicted octanol–water partition coefficient (Wildman–Crippen LogP) is 1.47. The molecule has 1 aromatic heterocycles. The van der Waals surface area contributed by atoms with E-state index in [1.807, 2.05) is 0 Å². The average Bonchev–Trinajstić information content (AvgIpc) is 2.69. The summed E-state index contributed by atoms with van der Waals surface area (Å²) in [6.07, 6.45) is -0.570. The number of hydrogen-bond acceptors (Lipinski definition) is 4. The summed E-state index contributed by atoms with van der Waals surface area (Å²) in [6.45, 7) is 1.89. The molecule has 5 nitrogen and oxygen atoms in total. The summed E-state index contributed by atoms with van der Waals surface area (Å²) in [6, 6.07) is 6.87. The maximum atomic E-state index is 12.0. The van der Waals surface area contributed by atoms with Crippen molar-refractivity contribution in [1.29, 1.82) is 0 Å². The number of aliphatic hydroxyl groups is 1. The molecule has 18 heavy (non-hydrogen) atoms. The van der Waals surface area contributed by atoms with Gasteiger partial charge in [0.15, 0.2) is 5.76 Å². The maximum Gasteiger partial charge on any atom is 0.289 e. The third-order valence-corrected chi connectivity index (χ3v) is 2.64. The molecule has 0 saturated carbocycles. The minimum Gasteiger partial charge on any atom is -0.451 e. The number of rotatable bonds is 3. The third kappa shape index (κ3) is 2.46. The first-order valence-corrected chi connectivity index (χ1v) is 5.70. The Balaban J connectivity index is 2.28. The number of nitrogens with zero attached hydrogens (tertiary/aromatic N) is 1. The van der Waals surface area contributed by atoms with Crippen LogP contribution < -0.4 is 5.73 Å². The van der Waals surface area contributed by atoms with Crippen LogP contribution in [0.2, 0.25) is 0 Å². The van der Waals surface area contributed by atoms with Crippen LogP contribution in [0, 0.1) is 0 Å². The summed E-state index contributed by atoms with van der Waals surface area (Å²) in [4.78, 5) is 13.4. The molecule has 0 aliphatic rings. The molecular formula is C13H16N2O3. The summed E-state index contributed by atoms with van der Waals surface area (Å²) in [5.74, 6) is -0.00979. The predicted molar refractivity (Wildman–Crippen MR) is 69.3 cm³/mol. The first-order chi connectivity index (χ1) is 8.47. The fourth-order valence-electron chi connectivity index (χ4n) is 1.83. The van der Waals surface area contributed by atoms with Crippen molar-refractivity contribution in [2.45, 2.75) is 13.0 Å². The third-order valence-electron chi connectivity index (χ3n) is 2.64. The highest BCUT2D eigenvalue weighted by atomic mass is 16.3. The van der Waals surface area contributed by atoms with Crippen molar-refractivity contribution in [1.82, 2.24) is 4.90 Å². The number of amides is 1. The molecule has 1 atom stereocenters. The zero-order valence-corrected chi connectivity index (χ0v) is 10.4. The lowest BCUT2D eigenvalue weighted by molar-refractivity contribution is 0.0676. The molecule has 1 aromatic carbocycles. The zero-order valence-electron chi connectivity index (χ0n) is 10.4. The van der Waals surface area contributed by atoms with Gasteiger partial charge in [0.2, 0.25) is 0 Å². The Labute approximate surface area is 105 Å². The van der Waals surface area contributed by atoms with Gasteiger partial charge in [-0.2, -0.15) is 0 Å². The Hall–Kier alpha value is -2.01. The first-order valence-electron chi connectivity index (χ1n) is 5.70. The van der Waals surface area contributed by atoms with Crippen LogP contribution in [0.3, 0.4) is 0 Å². The van der Waals surface area contributed by atoms with E-state index in [2.05, 4.69) is 0 Å². The van der Waals surface area contributed by atoms with Gasteiger partial charge in [0, 0.05) is 24.7 Å². The molecule has 1 amide bonds. The van der Waals surface area contributed by atoms with Gasteiger partial charge >= 0.3 is 0 Å². The van der Waals surface area contributed by atoms with Crippen LogP contribution in [0.1, 0.15) is 17.5 Å². The summed E-state index contributed by atoms with van der Waals surface area (Å²) >= 11 is 0. The molecule has 0 radical (unpaired) electrons. The van der Waals surface area contributed by atoms with E-state index < -0.39 is 6.10 Å². The molecule has 2 aromatic rings. The van der Waals surface area contributed by atoms with E-state index in [9.17, 15) is 9.90 Å². The lowest BCUT2D eigenvalue weighted by Crippen LogP contribution is -2.32. The van der Waals surface area contributed by atoms with Crippen LogP contribution in [0.25, 0.3) is 11.0 Å². The van der Waals surface area contributed by atoms with Crippen LogP contribution in [0.5, 0.6) is 0 Å². The van der Waals surface area contributed by atoms with Gasteiger partial charge in [-0.1, -0.05) is 0 Å². The number of aliphatic hydroxyl groups excluding tert-OH is 1. The van der Waals surface area contributed by atoms with Gasteiger partial charge < -0.3 is 20.2 Å². The molecule has 0 spiro atoms. The van der Waals surface area contributed by atoms with Crippen molar-refractivity contribution in [3.8, 4) is 0 Å². The highest BCUT2D eigenvalue weighted by Gasteiger charge is 2.17. The van der Waals surface area contributed by atoms with Crippen molar-refractivity contribution in [3.05, 3.63) is 30.0 Å². The number of likely N-dealkylation sites (N-methyl/N-ethyl adjacent to an activating group) is 1. The van der Waals surface area contributed by atoms with Crippen molar-refractivity contribution in [2.24, 2.45) is 0 Å². The minimum atomic E-state index is -0.570. The summed E-state index contributed by atoms with van der Waals surface area (Å²) < 4.78 is 5.46. The van der Waals surface area contributed by atoms with E-state index in [0.29, 0.717) is 11.3 Å². The van der Waals surface area contributed by atoms with Crippen molar-refractivity contribution < 1.29 is 14.3 Å². The second-order valence-electron chi connectivity index (χ2n) is 4.44. The lowest BCUT2D eigenvalue weighted by Gasteiger charge is -2.16. The fourth-order valence-corrected chi connectivity index (χ4v) is 1.83. The molecule has 3 N–H and O–H groups in total. The van der Waals surface area contributed by atoms with E-state index in [4.69, 9.17) is 10.2 Å². The average molecular weight is 248 g/mol. The molecule has 5 heteroatoms. The van der Waals surface area contributed by atoms with Crippen LogP contribution in [-0.2, 0) is 0 Å². The highest BCUT2D eigenvalue weighted by molar-refractivity contribution is 5.96. The standard InChI is InChI=1S/C13H16N2O3/c1-8(16)7-15(2)13(17)12-6-9-5-10(14)3-4-11(9)18-12/h3-6,8,16H,7,14H2,1-2H3. The van der Waals surface area contributed by atoms with E-state index in [0.717, 1.165) is 5.39 Å². The molecule has 1 heterocycles. The quantitative estimate of drug-likeness (QED) is 0.806. The second-order valence-corrected chi connectivity index (χ2v) is 4.44. The number of furan rings is 1.